The van der Waals surface area contributed by atoms with Gasteiger partial charge in [-0.2, -0.15) is 5.10 Å². The predicted molar refractivity (Wildman–Crippen MR) is 66.5 cm³/mol. The van der Waals surface area contributed by atoms with Crippen molar-refractivity contribution in [3.8, 4) is 5.75 Å². The van der Waals surface area contributed by atoms with Crippen LogP contribution in [0.4, 0.5) is 5.69 Å². The first-order chi connectivity index (χ1) is 8.19. The number of rotatable bonds is 5. The number of benzene rings is 1. The standard InChI is InChI=1S/C11H13ClN2O3/c1-3-17-11(15)10(12)14-13-8-6-4-5-7-9(8)16-2/h4-7,13H,3H2,1-2H3/b14-10-. The van der Waals surface area contributed by atoms with Crippen molar-refractivity contribution in [1.82, 2.24) is 0 Å². The van der Waals surface area contributed by atoms with Gasteiger partial charge in [-0.25, -0.2) is 4.79 Å². The predicted octanol–water partition coefficient (Wildman–Crippen LogP) is 2.22. The number of carbonyl (C=O) groups excluding carboxylic acids is 1. The third-order valence-electron chi connectivity index (χ3n) is 1.83. The smallest absolute Gasteiger partial charge is 0.370 e. The molecule has 1 aromatic carbocycles. The lowest BCUT2D eigenvalue weighted by atomic mass is 10.3. The van der Waals surface area contributed by atoms with E-state index in [1.165, 1.54) is 7.11 Å². The Morgan fingerprint density at radius 1 is 1.47 bits per heavy atom. The summed E-state index contributed by atoms with van der Waals surface area (Å²) in [5.41, 5.74) is 3.24. The molecule has 5 nitrogen and oxygen atoms in total. The van der Waals surface area contributed by atoms with Gasteiger partial charge in [0.1, 0.15) is 5.75 Å². The van der Waals surface area contributed by atoms with E-state index in [-0.39, 0.29) is 11.8 Å². The molecule has 1 aromatic rings. The van der Waals surface area contributed by atoms with Crippen LogP contribution < -0.4 is 10.2 Å². The number of carbonyl (C=O) groups is 1. The van der Waals surface area contributed by atoms with Gasteiger partial charge in [0.2, 0.25) is 5.17 Å². The van der Waals surface area contributed by atoms with Gasteiger partial charge in [0.25, 0.3) is 0 Å². The molecule has 0 radical (unpaired) electrons. The molecule has 0 aromatic heterocycles. The highest BCUT2D eigenvalue weighted by Gasteiger charge is 2.09. The number of hydrogen-bond donors (Lipinski definition) is 1. The van der Waals surface area contributed by atoms with Gasteiger partial charge in [0.05, 0.1) is 19.4 Å². The summed E-state index contributed by atoms with van der Waals surface area (Å²) in [6.07, 6.45) is 0. The maximum atomic E-state index is 11.2. The first-order valence-corrected chi connectivity index (χ1v) is 5.36. The molecule has 0 saturated heterocycles. The Balaban J connectivity index is 2.71. The highest BCUT2D eigenvalue weighted by Crippen LogP contribution is 2.22. The number of nitrogens with zero attached hydrogens (tertiary/aromatic N) is 1. The zero-order chi connectivity index (χ0) is 12.7. The van der Waals surface area contributed by atoms with Crippen LogP contribution in [0.3, 0.4) is 0 Å². The average molecular weight is 257 g/mol. The van der Waals surface area contributed by atoms with E-state index < -0.39 is 5.97 Å². The van der Waals surface area contributed by atoms with Crippen molar-refractivity contribution in [2.45, 2.75) is 6.92 Å². The number of ether oxygens (including phenoxy) is 2. The maximum absolute atomic E-state index is 11.2. The molecule has 0 aliphatic heterocycles. The summed E-state index contributed by atoms with van der Waals surface area (Å²) in [6.45, 7) is 1.94. The molecule has 0 spiro atoms. The van der Waals surface area contributed by atoms with Gasteiger partial charge in [-0.15, -0.1) is 0 Å². The van der Waals surface area contributed by atoms with Crippen molar-refractivity contribution in [3.63, 3.8) is 0 Å². The first-order valence-electron chi connectivity index (χ1n) is 4.98. The van der Waals surface area contributed by atoms with Crippen LogP contribution in [-0.2, 0) is 9.53 Å². The highest BCUT2D eigenvalue weighted by molar-refractivity contribution is 6.82. The molecule has 0 aliphatic carbocycles. The molecule has 6 heteroatoms. The van der Waals surface area contributed by atoms with Gasteiger partial charge in [0.15, 0.2) is 0 Å². The lowest BCUT2D eigenvalue weighted by Crippen LogP contribution is -2.13. The summed E-state index contributed by atoms with van der Waals surface area (Å²) in [4.78, 5) is 11.2. The second-order valence-corrected chi connectivity index (χ2v) is 3.29. The van der Waals surface area contributed by atoms with E-state index in [1.807, 2.05) is 6.07 Å². The SMILES string of the molecule is CCOC(=O)/C(Cl)=N/Nc1ccccc1OC. The Morgan fingerprint density at radius 2 is 2.18 bits per heavy atom. The molecule has 0 aliphatic rings. The van der Waals surface area contributed by atoms with Gasteiger partial charge >= 0.3 is 5.97 Å². The Hall–Kier alpha value is -1.75. The van der Waals surface area contributed by atoms with Gasteiger partial charge < -0.3 is 9.47 Å². The van der Waals surface area contributed by atoms with Crippen LogP contribution in [0.15, 0.2) is 29.4 Å². The topological polar surface area (TPSA) is 59.9 Å². The first kappa shape index (κ1) is 13.3. The molecule has 92 valence electrons. The summed E-state index contributed by atoms with van der Waals surface area (Å²) < 4.78 is 9.77. The molecular formula is C11H13ClN2O3. The Bertz CT molecular complexity index is 421. The molecular weight excluding hydrogens is 244 g/mol. The third-order valence-corrected chi connectivity index (χ3v) is 2.06. The molecule has 0 saturated carbocycles. The fourth-order valence-corrected chi connectivity index (χ4v) is 1.18. The molecule has 1 N–H and O–H groups in total. The quantitative estimate of drug-likeness (QED) is 0.499. The molecule has 0 unspecified atom stereocenters. The van der Waals surface area contributed by atoms with Crippen LogP contribution in [-0.4, -0.2) is 24.9 Å². The van der Waals surface area contributed by atoms with Crippen LogP contribution in [0.25, 0.3) is 0 Å². The molecule has 0 amide bonds. The number of para-hydroxylation sites is 2. The van der Waals surface area contributed by atoms with Crippen LogP contribution in [0.2, 0.25) is 0 Å². The van der Waals surface area contributed by atoms with Crippen molar-refractivity contribution in [2.24, 2.45) is 5.10 Å². The molecule has 0 fully saturated rings. The fraction of sp³-hybridized carbons (Fsp3) is 0.273. The second kappa shape index (κ2) is 6.75. The number of anilines is 1. The largest absolute Gasteiger partial charge is 0.495 e. The monoisotopic (exact) mass is 256 g/mol. The van der Waals surface area contributed by atoms with E-state index in [0.29, 0.717) is 11.4 Å². The van der Waals surface area contributed by atoms with Gasteiger partial charge in [0, 0.05) is 0 Å². The summed E-state index contributed by atoms with van der Waals surface area (Å²) in [6, 6.07) is 7.13. The van der Waals surface area contributed by atoms with Crippen molar-refractivity contribution in [2.75, 3.05) is 19.1 Å². The fourth-order valence-electron chi connectivity index (χ4n) is 1.08. The van der Waals surface area contributed by atoms with E-state index in [4.69, 9.17) is 16.3 Å². The number of hydrogen-bond acceptors (Lipinski definition) is 5. The van der Waals surface area contributed by atoms with Crippen LogP contribution in [0, 0.1) is 0 Å². The number of methoxy groups -OCH3 is 1. The molecule has 17 heavy (non-hydrogen) atoms. The summed E-state index contributed by atoms with van der Waals surface area (Å²) >= 11 is 5.63. The Kier molecular flexibility index (Phi) is 5.29. The summed E-state index contributed by atoms with van der Waals surface area (Å²) in [7, 11) is 1.54. The van der Waals surface area contributed by atoms with Crippen LogP contribution >= 0.6 is 11.6 Å². The van der Waals surface area contributed by atoms with E-state index in [1.54, 1.807) is 25.1 Å². The second-order valence-electron chi connectivity index (χ2n) is 2.94. The number of nitrogens with one attached hydrogen (secondary N) is 1. The van der Waals surface area contributed by atoms with Crippen LogP contribution in [0.1, 0.15) is 6.92 Å². The van der Waals surface area contributed by atoms with Gasteiger partial charge in [-0.1, -0.05) is 23.7 Å². The highest BCUT2D eigenvalue weighted by atomic mass is 35.5. The van der Waals surface area contributed by atoms with E-state index in [0.717, 1.165) is 0 Å². The van der Waals surface area contributed by atoms with Crippen molar-refractivity contribution in [1.29, 1.82) is 0 Å². The minimum Gasteiger partial charge on any atom is -0.495 e. The zero-order valence-electron chi connectivity index (χ0n) is 9.57. The minimum atomic E-state index is -0.670. The van der Waals surface area contributed by atoms with Crippen molar-refractivity contribution < 1.29 is 14.3 Å². The van der Waals surface area contributed by atoms with E-state index in [9.17, 15) is 4.79 Å². The zero-order valence-corrected chi connectivity index (χ0v) is 10.3. The Labute approximate surface area is 104 Å². The number of esters is 1. The van der Waals surface area contributed by atoms with Gasteiger partial charge in [-0.05, 0) is 19.1 Å². The molecule has 0 heterocycles. The van der Waals surface area contributed by atoms with E-state index in [2.05, 4.69) is 15.3 Å². The number of halogens is 1. The summed E-state index contributed by atoms with van der Waals surface area (Å²) in [5.74, 6) is -0.0684. The lowest BCUT2D eigenvalue weighted by molar-refractivity contribution is -0.134. The molecule has 1 rings (SSSR count). The molecule has 0 bridgehead atoms. The summed E-state index contributed by atoms with van der Waals surface area (Å²) in [5, 5.41) is 3.43. The Morgan fingerprint density at radius 3 is 2.82 bits per heavy atom. The maximum Gasteiger partial charge on any atom is 0.370 e. The van der Waals surface area contributed by atoms with Crippen LogP contribution in [0.5, 0.6) is 5.75 Å². The minimum absolute atomic E-state index is 0.249. The lowest BCUT2D eigenvalue weighted by Gasteiger charge is -2.07. The third kappa shape index (κ3) is 3.96. The van der Waals surface area contributed by atoms with Gasteiger partial charge in [-0.3, -0.25) is 5.43 Å². The average Bonchev–Trinajstić information content (AvgIpc) is 2.36. The number of hydrazone groups is 1. The van der Waals surface area contributed by atoms with E-state index >= 15 is 0 Å². The normalized spacial score (nSPS) is 10.9. The molecule has 0 atom stereocenters. The van der Waals surface area contributed by atoms with Crippen molar-refractivity contribution in [3.05, 3.63) is 24.3 Å². The van der Waals surface area contributed by atoms with Crippen molar-refractivity contribution >= 4 is 28.4 Å².